The van der Waals surface area contributed by atoms with Crippen LogP contribution >= 0.6 is 11.3 Å². The van der Waals surface area contributed by atoms with Crippen LogP contribution in [-0.4, -0.2) is 15.5 Å². The molecule has 0 saturated heterocycles. The normalized spacial score (nSPS) is 16.0. The molecule has 1 atom stereocenters. The van der Waals surface area contributed by atoms with Crippen molar-refractivity contribution >= 4 is 17.0 Å². The van der Waals surface area contributed by atoms with Crippen LogP contribution in [0.15, 0.2) is 83.4 Å². The lowest BCUT2D eigenvalue weighted by atomic mass is 9.99. The van der Waals surface area contributed by atoms with Crippen LogP contribution in [0.25, 0.3) is 16.9 Å². The fourth-order valence-electron chi connectivity index (χ4n) is 3.51. The quantitative estimate of drug-likeness (QED) is 0.515. The Morgan fingerprint density at radius 3 is 2.57 bits per heavy atom. The average Bonchev–Trinajstić information content (AvgIpc) is 3.48. The molecule has 5 heteroatoms. The molecule has 1 aliphatic heterocycles. The number of nitrogens with one attached hydrogen (secondary N) is 1. The molecular weight excluding hydrogens is 364 g/mol. The van der Waals surface area contributed by atoms with Crippen LogP contribution in [0.3, 0.4) is 0 Å². The van der Waals surface area contributed by atoms with Crippen molar-refractivity contribution in [2.75, 3.05) is 0 Å². The summed E-state index contributed by atoms with van der Waals surface area (Å²) >= 11 is 1.73. The molecule has 4 nitrogen and oxygen atoms in total. The number of hydrazone groups is 1. The minimum absolute atomic E-state index is 0.117. The molecule has 0 spiro atoms. The second kappa shape index (κ2) is 7.09. The molecule has 5 rings (SSSR count). The van der Waals surface area contributed by atoms with Crippen LogP contribution in [0, 0.1) is 6.92 Å². The first-order valence-electron chi connectivity index (χ1n) is 9.36. The van der Waals surface area contributed by atoms with Crippen molar-refractivity contribution in [2.24, 2.45) is 5.10 Å². The second-order valence-corrected chi connectivity index (χ2v) is 7.95. The Bertz CT molecular complexity index is 1110. The van der Waals surface area contributed by atoms with Crippen molar-refractivity contribution in [1.82, 2.24) is 15.2 Å². The number of aromatic nitrogens is 2. The van der Waals surface area contributed by atoms with Gasteiger partial charge in [0.2, 0.25) is 0 Å². The highest BCUT2D eigenvalue weighted by Gasteiger charge is 2.27. The summed E-state index contributed by atoms with van der Waals surface area (Å²) in [5.41, 5.74) is 10.1. The number of hydrogen-bond donors (Lipinski definition) is 1. The highest BCUT2D eigenvalue weighted by molar-refractivity contribution is 7.12. The first kappa shape index (κ1) is 17.0. The maximum Gasteiger partial charge on any atom is 0.0981 e. The molecule has 1 N–H and O–H groups in total. The fraction of sp³-hybridized carbons (Fsp3) is 0.130. The van der Waals surface area contributed by atoms with Gasteiger partial charge in [0.1, 0.15) is 0 Å². The molecule has 0 fully saturated rings. The molecule has 28 heavy (non-hydrogen) atoms. The molecule has 0 aliphatic carbocycles. The number of aryl methyl sites for hydroxylation is 1. The Balaban J connectivity index is 1.54. The van der Waals surface area contributed by atoms with Crippen molar-refractivity contribution < 1.29 is 0 Å². The summed E-state index contributed by atoms with van der Waals surface area (Å²) in [6, 6.07) is 23.1. The summed E-state index contributed by atoms with van der Waals surface area (Å²) < 4.78 is 1.97. The van der Waals surface area contributed by atoms with E-state index in [1.807, 2.05) is 22.9 Å². The van der Waals surface area contributed by atoms with Crippen LogP contribution in [0.2, 0.25) is 0 Å². The second-order valence-electron chi connectivity index (χ2n) is 7.00. The summed E-state index contributed by atoms with van der Waals surface area (Å²) in [4.78, 5) is 1.22. The molecule has 1 unspecified atom stereocenters. The molecule has 4 aromatic rings. The minimum Gasteiger partial charge on any atom is -0.302 e. The lowest BCUT2D eigenvalue weighted by Gasteiger charge is -2.10. The number of hydrogen-bond acceptors (Lipinski definition) is 4. The zero-order valence-electron chi connectivity index (χ0n) is 15.5. The number of nitrogens with zero attached hydrogens (tertiary/aromatic N) is 3. The monoisotopic (exact) mass is 384 g/mol. The Kier molecular flexibility index (Phi) is 4.29. The summed E-state index contributed by atoms with van der Waals surface area (Å²) in [5.74, 6) is 0. The van der Waals surface area contributed by atoms with Crippen molar-refractivity contribution in [3.05, 3.63) is 94.3 Å². The van der Waals surface area contributed by atoms with Crippen LogP contribution in [0.1, 0.15) is 28.5 Å². The lowest BCUT2D eigenvalue weighted by molar-refractivity contribution is 0.621. The van der Waals surface area contributed by atoms with E-state index >= 15 is 0 Å². The topological polar surface area (TPSA) is 42.2 Å². The molecule has 0 radical (unpaired) electrons. The fourth-order valence-corrected chi connectivity index (χ4v) is 4.24. The van der Waals surface area contributed by atoms with Crippen LogP contribution in [-0.2, 0) is 0 Å². The van der Waals surface area contributed by atoms with Gasteiger partial charge in [-0.2, -0.15) is 10.2 Å². The SMILES string of the molecule is Cc1ccc(-c2nn(-c3ccccc3)cc2C2CC(c3cccs3)=NN2)cc1. The third kappa shape index (κ3) is 3.14. The molecule has 0 saturated carbocycles. The Morgan fingerprint density at radius 1 is 1.00 bits per heavy atom. The van der Waals surface area contributed by atoms with Crippen molar-refractivity contribution in [2.45, 2.75) is 19.4 Å². The molecule has 0 amide bonds. The molecular formula is C23H20N4S. The first-order chi connectivity index (χ1) is 13.8. The third-order valence-corrected chi connectivity index (χ3v) is 5.94. The van der Waals surface area contributed by atoms with E-state index in [1.165, 1.54) is 16.0 Å². The van der Waals surface area contributed by atoms with E-state index in [0.29, 0.717) is 0 Å². The maximum absolute atomic E-state index is 4.94. The van der Waals surface area contributed by atoms with E-state index in [0.717, 1.165) is 29.1 Å². The predicted molar refractivity (Wildman–Crippen MR) is 115 cm³/mol. The van der Waals surface area contributed by atoms with Gasteiger partial charge in [-0.15, -0.1) is 11.3 Å². The van der Waals surface area contributed by atoms with Crippen LogP contribution in [0.5, 0.6) is 0 Å². The lowest BCUT2D eigenvalue weighted by Crippen LogP contribution is -2.10. The number of rotatable bonds is 4. The van der Waals surface area contributed by atoms with E-state index in [-0.39, 0.29) is 6.04 Å². The number of benzene rings is 2. The number of thiophene rings is 1. The predicted octanol–water partition coefficient (Wildman–Crippen LogP) is 5.35. The van der Waals surface area contributed by atoms with Gasteiger partial charge in [0.15, 0.2) is 0 Å². The number of para-hydroxylation sites is 1. The summed E-state index contributed by atoms with van der Waals surface area (Å²) in [5, 5.41) is 11.6. The highest BCUT2D eigenvalue weighted by Crippen LogP contribution is 2.33. The van der Waals surface area contributed by atoms with E-state index in [9.17, 15) is 0 Å². The van der Waals surface area contributed by atoms with Crippen LogP contribution in [0.4, 0.5) is 0 Å². The van der Waals surface area contributed by atoms with Crippen molar-refractivity contribution in [1.29, 1.82) is 0 Å². The summed E-state index contributed by atoms with van der Waals surface area (Å²) in [7, 11) is 0. The van der Waals surface area contributed by atoms with Gasteiger partial charge in [-0.1, -0.05) is 54.1 Å². The van der Waals surface area contributed by atoms with E-state index in [1.54, 1.807) is 11.3 Å². The average molecular weight is 385 g/mol. The van der Waals surface area contributed by atoms with E-state index in [2.05, 4.69) is 77.6 Å². The zero-order valence-corrected chi connectivity index (χ0v) is 16.4. The molecule has 0 bridgehead atoms. The smallest absolute Gasteiger partial charge is 0.0981 e. The molecule has 3 heterocycles. The highest BCUT2D eigenvalue weighted by atomic mass is 32.1. The summed E-state index contributed by atoms with van der Waals surface area (Å²) in [6.45, 7) is 2.10. The zero-order chi connectivity index (χ0) is 18.9. The Hall–Kier alpha value is -3.18. The minimum atomic E-state index is 0.117. The Labute approximate surface area is 168 Å². The van der Waals surface area contributed by atoms with Crippen molar-refractivity contribution in [3.63, 3.8) is 0 Å². The van der Waals surface area contributed by atoms with Crippen LogP contribution < -0.4 is 5.43 Å². The molecule has 2 aromatic carbocycles. The van der Waals surface area contributed by atoms with Crippen molar-refractivity contribution in [3.8, 4) is 16.9 Å². The maximum atomic E-state index is 4.94. The van der Waals surface area contributed by atoms with Gasteiger partial charge >= 0.3 is 0 Å². The molecule has 2 aromatic heterocycles. The van der Waals surface area contributed by atoms with Gasteiger partial charge in [0, 0.05) is 23.7 Å². The van der Waals surface area contributed by atoms with Gasteiger partial charge in [0.25, 0.3) is 0 Å². The van der Waals surface area contributed by atoms with Gasteiger partial charge < -0.3 is 5.43 Å². The standard InChI is InChI=1S/C23H20N4S/c1-16-9-11-17(12-10-16)23-19(15-27(26-23)18-6-3-2-4-7-18)20-14-21(25-24-20)22-8-5-13-28-22/h2-13,15,20,24H,14H2,1H3. The Morgan fingerprint density at radius 2 is 1.82 bits per heavy atom. The molecule has 138 valence electrons. The van der Waals surface area contributed by atoms with E-state index in [4.69, 9.17) is 5.10 Å². The van der Waals surface area contributed by atoms with Gasteiger partial charge in [-0.25, -0.2) is 4.68 Å². The largest absolute Gasteiger partial charge is 0.302 e. The van der Waals surface area contributed by atoms with Gasteiger partial charge in [0.05, 0.1) is 28.0 Å². The molecule has 1 aliphatic rings. The van der Waals surface area contributed by atoms with Gasteiger partial charge in [-0.3, -0.25) is 0 Å². The van der Waals surface area contributed by atoms with Gasteiger partial charge in [-0.05, 0) is 30.5 Å². The summed E-state index contributed by atoms with van der Waals surface area (Å²) in [6.07, 6.45) is 2.99. The first-order valence-corrected chi connectivity index (χ1v) is 10.2. The van der Waals surface area contributed by atoms with E-state index < -0.39 is 0 Å². The third-order valence-electron chi connectivity index (χ3n) is 5.02.